The largest absolute Gasteiger partial charge is 0.377 e. The average molecular weight is 217 g/mol. The van der Waals surface area contributed by atoms with Crippen molar-refractivity contribution in [3.05, 3.63) is 35.9 Å². The third-order valence-corrected chi connectivity index (χ3v) is 4.12. The molecule has 0 bridgehead atoms. The monoisotopic (exact) mass is 217 g/mol. The van der Waals surface area contributed by atoms with Crippen LogP contribution in [0.3, 0.4) is 0 Å². The zero-order valence-corrected chi connectivity index (χ0v) is 9.86. The molecule has 1 aliphatic heterocycles. The Labute approximate surface area is 97.2 Å². The second-order valence-electron chi connectivity index (χ2n) is 5.15. The molecule has 3 rings (SSSR count). The second-order valence-corrected chi connectivity index (χ2v) is 5.15. The summed E-state index contributed by atoms with van der Waals surface area (Å²) in [6, 6.07) is 10.7. The van der Waals surface area contributed by atoms with Crippen LogP contribution in [0.25, 0.3) is 0 Å². The number of benzene rings is 1. The molecule has 1 saturated carbocycles. The van der Waals surface area contributed by atoms with Crippen molar-refractivity contribution < 1.29 is 4.74 Å². The summed E-state index contributed by atoms with van der Waals surface area (Å²) >= 11 is 0. The maximum atomic E-state index is 5.68. The van der Waals surface area contributed by atoms with Crippen LogP contribution < -0.4 is 0 Å². The van der Waals surface area contributed by atoms with Crippen LogP contribution in [0.5, 0.6) is 0 Å². The Kier molecular flexibility index (Phi) is 2.49. The summed E-state index contributed by atoms with van der Waals surface area (Å²) in [4.78, 5) is 2.53. The van der Waals surface area contributed by atoms with Gasteiger partial charge in [-0.3, -0.25) is 4.90 Å². The lowest BCUT2D eigenvalue weighted by Gasteiger charge is -2.32. The number of ether oxygens (including phenoxy) is 1. The Bertz CT molecular complexity index is 364. The number of rotatable bonds is 3. The summed E-state index contributed by atoms with van der Waals surface area (Å²) in [5.74, 6) is 0.838. The Morgan fingerprint density at radius 2 is 2.19 bits per heavy atom. The molecule has 1 aromatic rings. The molecule has 2 nitrogen and oxygen atoms in total. The SMILES string of the molecule is COC12CC1CCN(Cc1ccccc1)C2. The molecule has 0 spiro atoms. The summed E-state index contributed by atoms with van der Waals surface area (Å²) < 4.78 is 5.68. The third kappa shape index (κ3) is 1.76. The van der Waals surface area contributed by atoms with Crippen molar-refractivity contribution in [2.75, 3.05) is 20.2 Å². The van der Waals surface area contributed by atoms with Crippen LogP contribution in [-0.4, -0.2) is 30.7 Å². The quantitative estimate of drug-likeness (QED) is 0.770. The molecular weight excluding hydrogens is 198 g/mol. The number of nitrogens with zero attached hydrogens (tertiary/aromatic N) is 1. The molecular formula is C14H19NO. The standard InChI is InChI=1S/C14H19NO/c1-16-14-9-13(14)7-8-15(11-14)10-12-5-3-2-4-6-12/h2-6,13H,7-11H2,1H3. The van der Waals surface area contributed by atoms with Gasteiger partial charge in [0.15, 0.2) is 0 Å². The molecule has 0 amide bonds. The van der Waals surface area contributed by atoms with Gasteiger partial charge >= 0.3 is 0 Å². The molecule has 16 heavy (non-hydrogen) atoms. The molecule has 0 N–H and O–H groups in total. The second kappa shape index (κ2) is 3.86. The summed E-state index contributed by atoms with van der Waals surface area (Å²) in [7, 11) is 1.87. The molecule has 1 aliphatic carbocycles. The van der Waals surface area contributed by atoms with E-state index in [1.165, 1.54) is 24.9 Å². The predicted octanol–water partition coefficient (Wildman–Crippen LogP) is 2.30. The van der Waals surface area contributed by atoms with Crippen molar-refractivity contribution in [2.45, 2.75) is 25.0 Å². The lowest BCUT2D eigenvalue weighted by molar-refractivity contribution is 0.00739. The van der Waals surface area contributed by atoms with Gasteiger partial charge in [0.25, 0.3) is 0 Å². The zero-order valence-electron chi connectivity index (χ0n) is 9.86. The van der Waals surface area contributed by atoms with E-state index in [9.17, 15) is 0 Å². The van der Waals surface area contributed by atoms with Gasteiger partial charge in [0, 0.05) is 20.2 Å². The smallest absolute Gasteiger partial charge is 0.0838 e. The van der Waals surface area contributed by atoms with Crippen LogP contribution in [0.15, 0.2) is 30.3 Å². The van der Waals surface area contributed by atoms with Crippen molar-refractivity contribution in [1.29, 1.82) is 0 Å². The maximum Gasteiger partial charge on any atom is 0.0838 e. The summed E-state index contributed by atoms with van der Waals surface area (Å²) in [5, 5.41) is 0. The molecule has 2 fully saturated rings. The lowest BCUT2D eigenvalue weighted by Crippen LogP contribution is -2.40. The van der Waals surface area contributed by atoms with E-state index in [1.807, 2.05) is 7.11 Å². The van der Waals surface area contributed by atoms with Crippen LogP contribution in [-0.2, 0) is 11.3 Å². The van der Waals surface area contributed by atoms with Gasteiger partial charge < -0.3 is 4.74 Å². The number of methoxy groups -OCH3 is 1. The van der Waals surface area contributed by atoms with Gasteiger partial charge in [-0.25, -0.2) is 0 Å². The van der Waals surface area contributed by atoms with Gasteiger partial charge in [0.05, 0.1) is 5.60 Å². The first kappa shape index (κ1) is 10.3. The molecule has 1 aromatic carbocycles. The fraction of sp³-hybridized carbons (Fsp3) is 0.571. The minimum absolute atomic E-state index is 0.215. The Balaban J connectivity index is 1.64. The van der Waals surface area contributed by atoms with E-state index < -0.39 is 0 Å². The number of fused-ring (bicyclic) bond motifs is 1. The van der Waals surface area contributed by atoms with E-state index in [1.54, 1.807) is 0 Å². The van der Waals surface area contributed by atoms with Crippen molar-refractivity contribution in [3.63, 3.8) is 0 Å². The van der Waals surface area contributed by atoms with E-state index in [-0.39, 0.29) is 5.60 Å². The molecule has 2 unspecified atom stereocenters. The highest BCUT2D eigenvalue weighted by Gasteiger charge is 2.57. The Hall–Kier alpha value is -0.860. The number of hydrogen-bond donors (Lipinski definition) is 0. The topological polar surface area (TPSA) is 12.5 Å². The number of hydrogen-bond acceptors (Lipinski definition) is 2. The van der Waals surface area contributed by atoms with E-state index in [4.69, 9.17) is 4.74 Å². The van der Waals surface area contributed by atoms with Crippen LogP contribution in [0, 0.1) is 5.92 Å². The van der Waals surface area contributed by atoms with Crippen LogP contribution >= 0.6 is 0 Å². The van der Waals surface area contributed by atoms with Crippen molar-refractivity contribution in [1.82, 2.24) is 4.90 Å². The van der Waals surface area contributed by atoms with Crippen molar-refractivity contribution in [2.24, 2.45) is 5.92 Å². The summed E-state index contributed by atoms with van der Waals surface area (Å²) in [5.41, 5.74) is 1.63. The van der Waals surface area contributed by atoms with E-state index in [0.717, 1.165) is 19.0 Å². The fourth-order valence-corrected chi connectivity index (χ4v) is 3.00. The highest BCUT2D eigenvalue weighted by molar-refractivity contribution is 5.16. The molecule has 2 heteroatoms. The Morgan fingerprint density at radius 1 is 1.38 bits per heavy atom. The Morgan fingerprint density at radius 3 is 2.94 bits per heavy atom. The molecule has 0 radical (unpaired) electrons. The first-order chi connectivity index (χ1) is 7.82. The fourth-order valence-electron chi connectivity index (χ4n) is 3.00. The van der Waals surface area contributed by atoms with Gasteiger partial charge in [-0.05, 0) is 30.9 Å². The summed E-state index contributed by atoms with van der Waals surface area (Å²) in [6.07, 6.45) is 2.58. The van der Waals surface area contributed by atoms with Gasteiger partial charge in [0.2, 0.25) is 0 Å². The minimum atomic E-state index is 0.215. The van der Waals surface area contributed by atoms with Gasteiger partial charge in [0.1, 0.15) is 0 Å². The predicted molar refractivity (Wildman–Crippen MR) is 64.2 cm³/mol. The highest BCUT2D eigenvalue weighted by Crippen LogP contribution is 2.51. The lowest BCUT2D eigenvalue weighted by atomic mass is 10.1. The third-order valence-electron chi connectivity index (χ3n) is 4.12. The molecule has 0 aromatic heterocycles. The van der Waals surface area contributed by atoms with Crippen LogP contribution in [0.2, 0.25) is 0 Å². The molecule has 1 saturated heterocycles. The first-order valence-corrected chi connectivity index (χ1v) is 6.14. The van der Waals surface area contributed by atoms with E-state index in [0.29, 0.717) is 0 Å². The molecule has 2 aliphatic rings. The normalized spacial score (nSPS) is 33.4. The van der Waals surface area contributed by atoms with Gasteiger partial charge in [-0.2, -0.15) is 0 Å². The van der Waals surface area contributed by atoms with Crippen LogP contribution in [0.1, 0.15) is 18.4 Å². The molecule has 2 atom stereocenters. The minimum Gasteiger partial charge on any atom is -0.377 e. The zero-order chi connectivity index (χ0) is 11.0. The van der Waals surface area contributed by atoms with Gasteiger partial charge in [-0.15, -0.1) is 0 Å². The number of piperidine rings is 1. The van der Waals surface area contributed by atoms with E-state index >= 15 is 0 Å². The van der Waals surface area contributed by atoms with Crippen LogP contribution in [0.4, 0.5) is 0 Å². The highest BCUT2D eigenvalue weighted by atomic mass is 16.5. The van der Waals surface area contributed by atoms with Gasteiger partial charge in [-0.1, -0.05) is 30.3 Å². The molecule has 86 valence electrons. The maximum absolute atomic E-state index is 5.68. The first-order valence-electron chi connectivity index (χ1n) is 6.14. The van der Waals surface area contributed by atoms with Crippen molar-refractivity contribution >= 4 is 0 Å². The van der Waals surface area contributed by atoms with Crippen molar-refractivity contribution in [3.8, 4) is 0 Å². The summed E-state index contributed by atoms with van der Waals surface area (Å²) in [6.45, 7) is 3.41. The van der Waals surface area contributed by atoms with E-state index in [2.05, 4.69) is 35.2 Å². The number of likely N-dealkylation sites (tertiary alicyclic amines) is 1. The average Bonchev–Trinajstić information content (AvgIpc) is 3.05. The molecule has 1 heterocycles.